The highest BCUT2D eigenvalue weighted by Crippen LogP contribution is 2.36. The maximum atomic E-state index is 13.4. The van der Waals surface area contributed by atoms with Crippen molar-refractivity contribution in [2.45, 2.75) is 18.3 Å². The van der Waals surface area contributed by atoms with Crippen LogP contribution in [-0.4, -0.2) is 44.8 Å². The van der Waals surface area contributed by atoms with Crippen LogP contribution in [0, 0.1) is 10.1 Å². The van der Waals surface area contributed by atoms with Crippen LogP contribution in [0.25, 0.3) is 0 Å². The van der Waals surface area contributed by atoms with Crippen molar-refractivity contribution in [3.63, 3.8) is 0 Å². The molecule has 1 heterocycles. The van der Waals surface area contributed by atoms with Crippen LogP contribution in [0.2, 0.25) is 0 Å². The molecule has 0 aromatic heterocycles. The summed E-state index contributed by atoms with van der Waals surface area (Å²) in [5, 5.41) is 14.4. The van der Waals surface area contributed by atoms with Gasteiger partial charge in [-0.25, -0.2) is 0 Å². The average molecular weight is 493 g/mol. The molecule has 188 valence electrons. The number of nitro benzene ring substituents is 1. The third kappa shape index (κ3) is 5.58. The lowest BCUT2D eigenvalue weighted by atomic mass is 9.74. The predicted octanol–water partition coefficient (Wildman–Crippen LogP) is 4.88. The molecule has 1 aliphatic rings. The summed E-state index contributed by atoms with van der Waals surface area (Å²) >= 11 is 0. The summed E-state index contributed by atoms with van der Waals surface area (Å²) in [6.07, 6.45) is 1.45. The molecule has 0 spiro atoms. The molecule has 0 atom stereocenters. The molecule has 0 saturated carbocycles. The number of nitrogens with one attached hydrogen (secondary N) is 1. The number of nitrogens with zero attached hydrogens (tertiary/aromatic N) is 1. The fourth-order valence-corrected chi connectivity index (χ4v) is 4.29. The van der Waals surface area contributed by atoms with Crippen LogP contribution in [0.15, 0.2) is 66.7 Å². The smallest absolute Gasteiger partial charge is 0.270 e. The number of hydrogen-bond acceptors (Lipinski definition) is 7. The Morgan fingerprint density at radius 1 is 0.944 bits per heavy atom. The van der Waals surface area contributed by atoms with Gasteiger partial charge in [0.1, 0.15) is 23.0 Å². The van der Waals surface area contributed by atoms with Crippen molar-refractivity contribution in [1.82, 2.24) is 5.32 Å². The minimum atomic E-state index is -0.536. The Hall–Kier alpha value is -4.11. The first-order valence-electron chi connectivity index (χ1n) is 11.5. The van der Waals surface area contributed by atoms with E-state index in [0.717, 1.165) is 24.2 Å². The molecule has 1 amide bonds. The standard InChI is InChI=1S/C27H28N2O7/c1-33-21-6-3-19(4-7-21)27(13-15-35-16-14-27)18-28-26(30)24-17-20(29(31)32)5-12-25(24)36-23-10-8-22(34-2)9-11-23/h3-12,17H,13-16,18H2,1-2H3,(H,28,30). The molecular formula is C27H28N2O7. The van der Waals surface area contributed by atoms with Crippen LogP contribution in [0.3, 0.4) is 0 Å². The average Bonchev–Trinajstić information content (AvgIpc) is 2.93. The number of benzene rings is 3. The lowest BCUT2D eigenvalue weighted by molar-refractivity contribution is -0.384. The van der Waals surface area contributed by atoms with E-state index in [9.17, 15) is 14.9 Å². The second kappa shape index (κ2) is 11.1. The molecule has 9 heteroatoms. The first-order chi connectivity index (χ1) is 17.4. The van der Waals surface area contributed by atoms with Crippen molar-refractivity contribution in [2.24, 2.45) is 0 Å². The summed E-state index contributed by atoms with van der Waals surface area (Å²) < 4.78 is 21.9. The van der Waals surface area contributed by atoms with Gasteiger partial charge in [0.15, 0.2) is 0 Å². The van der Waals surface area contributed by atoms with Gasteiger partial charge in [-0.15, -0.1) is 0 Å². The van der Waals surface area contributed by atoms with Gasteiger partial charge in [0, 0.05) is 37.3 Å². The number of carbonyl (C=O) groups is 1. The minimum Gasteiger partial charge on any atom is -0.497 e. The van der Waals surface area contributed by atoms with Gasteiger partial charge < -0.3 is 24.3 Å². The predicted molar refractivity (Wildman–Crippen MR) is 133 cm³/mol. The van der Waals surface area contributed by atoms with E-state index in [4.69, 9.17) is 18.9 Å². The van der Waals surface area contributed by atoms with Crippen molar-refractivity contribution in [3.8, 4) is 23.0 Å². The van der Waals surface area contributed by atoms with Gasteiger partial charge in [-0.3, -0.25) is 14.9 Å². The fraction of sp³-hybridized carbons (Fsp3) is 0.296. The van der Waals surface area contributed by atoms with E-state index in [1.165, 1.54) is 18.2 Å². The quantitative estimate of drug-likeness (QED) is 0.335. The highest BCUT2D eigenvalue weighted by Gasteiger charge is 2.35. The molecule has 0 unspecified atom stereocenters. The highest BCUT2D eigenvalue weighted by molar-refractivity contribution is 5.97. The number of methoxy groups -OCH3 is 2. The van der Waals surface area contributed by atoms with E-state index < -0.39 is 10.8 Å². The molecule has 1 aliphatic heterocycles. The third-order valence-corrected chi connectivity index (χ3v) is 6.45. The lowest BCUT2D eigenvalue weighted by Gasteiger charge is -2.38. The van der Waals surface area contributed by atoms with Gasteiger partial charge >= 0.3 is 0 Å². The molecular weight excluding hydrogens is 464 g/mol. The number of rotatable bonds is 9. The Bertz CT molecular complexity index is 1200. The molecule has 0 aliphatic carbocycles. The molecule has 1 fully saturated rings. The first-order valence-corrected chi connectivity index (χ1v) is 11.5. The maximum Gasteiger partial charge on any atom is 0.270 e. The van der Waals surface area contributed by atoms with Crippen molar-refractivity contribution in [2.75, 3.05) is 34.0 Å². The van der Waals surface area contributed by atoms with Crippen molar-refractivity contribution in [1.29, 1.82) is 0 Å². The van der Waals surface area contributed by atoms with Crippen LogP contribution in [0.5, 0.6) is 23.0 Å². The summed E-state index contributed by atoms with van der Waals surface area (Å²) in [4.78, 5) is 24.2. The number of carbonyl (C=O) groups excluding carboxylic acids is 1. The fourth-order valence-electron chi connectivity index (χ4n) is 4.29. The molecule has 3 aromatic rings. The van der Waals surface area contributed by atoms with Gasteiger partial charge in [0.25, 0.3) is 11.6 Å². The first kappa shape index (κ1) is 25.0. The number of non-ortho nitro benzene ring substituents is 1. The van der Waals surface area contributed by atoms with Gasteiger partial charge in [-0.1, -0.05) is 12.1 Å². The number of hydrogen-bond donors (Lipinski definition) is 1. The van der Waals surface area contributed by atoms with Gasteiger partial charge in [0.2, 0.25) is 0 Å². The van der Waals surface area contributed by atoms with E-state index >= 15 is 0 Å². The molecule has 0 bridgehead atoms. The zero-order valence-electron chi connectivity index (χ0n) is 20.2. The molecule has 1 saturated heterocycles. The Morgan fingerprint density at radius 2 is 1.53 bits per heavy atom. The van der Waals surface area contributed by atoms with Crippen LogP contribution in [0.1, 0.15) is 28.8 Å². The summed E-state index contributed by atoms with van der Waals surface area (Å²) in [7, 11) is 3.18. The van der Waals surface area contributed by atoms with Gasteiger partial charge in [0.05, 0.1) is 24.7 Å². The van der Waals surface area contributed by atoms with Crippen molar-refractivity contribution >= 4 is 11.6 Å². The number of nitro groups is 1. The molecule has 0 radical (unpaired) electrons. The maximum absolute atomic E-state index is 13.4. The van der Waals surface area contributed by atoms with E-state index in [0.29, 0.717) is 31.3 Å². The largest absolute Gasteiger partial charge is 0.497 e. The van der Waals surface area contributed by atoms with E-state index in [1.54, 1.807) is 38.5 Å². The van der Waals surface area contributed by atoms with Crippen LogP contribution >= 0.6 is 0 Å². The summed E-state index contributed by atoms with van der Waals surface area (Å²) in [6, 6.07) is 18.6. The van der Waals surface area contributed by atoms with Gasteiger partial charge in [-0.05, 0) is 60.9 Å². The normalized spacial score (nSPS) is 14.5. The summed E-state index contributed by atoms with van der Waals surface area (Å²) in [5.74, 6) is 1.64. The topological polar surface area (TPSA) is 109 Å². The molecule has 1 N–H and O–H groups in total. The zero-order valence-corrected chi connectivity index (χ0v) is 20.2. The summed E-state index contributed by atoms with van der Waals surface area (Å²) in [5.41, 5.74) is 0.619. The monoisotopic (exact) mass is 492 g/mol. The van der Waals surface area contributed by atoms with Gasteiger partial charge in [-0.2, -0.15) is 0 Å². The van der Waals surface area contributed by atoms with E-state index in [-0.39, 0.29) is 22.4 Å². The van der Waals surface area contributed by atoms with E-state index in [1.807, 2.05) is 24.3 Å². The number of ether oxygens (including phenoxy) is 4. The van der Waals surface area contributed by atoms with Crippen LogP contribution < -0.4 is 19.5 Å². The Balaban J connectivity index is 1.59. The SMILES string of the molecule is COc1ccc(Oc2ccc([N+](=O)[O-])cc2C(=O)NCC2(c3ccc(OC)cc3)CCOCC2)cc1. The third-order valence-electron chi connectivity index (χ3n) is 6.45. The molecule has 36 heavy (non-hydrogen) atoms. The Kier molecular flexibility index (Phi) is 7.70. The van der Waals surface area contributed by atoms with Crippen LogP contribution in [0.4, 0.5) is 5.69 Å². The van der Waals surface area contributed by atoms with E-state index in [2.05, 4.69) is 5.32 Å². The number of amides is 1. The zero-order chi connectivity index (χ0) is 25.5. The molecule has 4 rings (SSSR count). The van der Waals surface area contributed by atoms with Crippen molar-refractivity contribution < 1.29 is 28.7 Å². The second-order valence-corrected chi connectivity index (χ2v) is 8.52. The second-order valence-electron chi connectivity index (χ2n) is 8.52. The van der Waals surface area contributed by atoms with Crippen LogP contribution in [-0.2, 0) is 10.2 Å². The molecule has 3 aromatic carbocycles. The molecule has 9 nitrogen and oxygen atoms in total. The minimum absolute atomic E-state index is 0.0805. The summed E-state index contributed by atoms with van der Waals surface area (Å²) in [6.45, 7) is 1.49. The van der Waals surface area contributed by atoms with Crippen molar-refractivity contribution in [3.05, 3.63) is 88.0 Å². The Morgan fingerprint density at radius 3 is 2.11 bits per heavy atom. The Labute approximate surface area is 209 Å². The highest BCUT2D eigenvalue weighted by atomic mass is 16.6. The lowest BCUT2D eigenvalue weighted by Crippen LogP contribution is -2.44.